The van der Waals surface area contributed by atoms with E-state index >= 15 is 0 Å². The summed E-state index contributed by atoms with van der Waals surface area (Å²) in [6, 6.07) is 9.54. The van der Waals surface area contributed by atoms with Crippen LogP contribution in [-0.2, 0) is 4.79 Å². The van der Waals surface area contributed by atoms with Gasteiger partial charge < -0.3 is 14.1 Å². The van der Waals surface area contributed by atoms with Crippen molar-refractivity contribution in [2.24, 2.45) is 11.8 Å². The summed E-state index contributed by atoms with van der Waals surface area (Å²) in [7, 11) is 0. The van der Waals surface area contributed by atoms with Crippen LogP contribution >= 0.6 is 0 Å². The van der Waals surface area contributed by atoms with Gasteiger partial charge in [-0.1, -0.05) is 6.07 Å². The number of ether oxygens (including phenoxy) is 1. The number of carbonyl (C=O) groups excluding carboxylic acids is 1. The van der Waals surface area contributed by atoms with Gasteiger partial charge in [-0.15, -0.1) is 0 Å². The van der Waals surface area contributed by atoms with Crippen LogP contribution in [-0.4, -0.2) is 35.5 Å². The van der Waals surface area contributed by atoms with Crippen molar-refractivity contribution >= 4 is 5.91 Å². The summed E-state index contributed by atoms with van der Waals surface area (Å²) in [6.07, 6.45) is 6.34. The second-order valence-electron chi connectivity index (χ2n) is 6.71. The summed E-state index contributed by atoms with van der Waals surface area (Å²) in [5.74, 6) is 2.83. The first-order chi connectivity index (χ1) is 11.8. The molecule has 0 aromatic carbocycles. The molecule has 1 aliphatic carbocycles. The van der Waals surface area contributed by atoms with E-state index < -0.39 is 0 Å². The second kappa shape index (κ2) is 6.67. The van der Waals surface area contributed by atoms with E-state index in [1.807, 2.05) is 35.2 Å². The van der Waals surface area contributed by atoms with Crippen molar-refractivity contribution in [3.05, 3.63) is 48.6 Å². The summed E-state index contributed by atoms with van der Waals surface area (Å²) in [6.45, 7) is 2.34. The number of hydrogen-bond donors (Lipinski definition) is 0. The van der Waals surface area contributed by atoms with Crippen molar-refractivity contribution in [2.45, 2.75) is 25.2 Å². The molecule has 0 N–H and O–H groups in total. The molecule has 1 amide bonds. The van der Waals surface area contributed by atoms with Gasteiger partial charge in [0.05, 0.1) is 12.9 Å². The molecule has 5 heteroatoms. The Balaban J connectivity index is 1.22. The molecule has 0 bridgehead atoms. The molecule has 2 aromatic rings. The third kappa shape index (κ3) is 3.30. The quantitative estimate of drug-likeness (QED) is 0.847. The molecule has 0 unspecified atom stereocenters. The van der Waals surface area contributed by atoms with Gasteiger partial charge in [-0.25, -0.2) is 4.98 Å². The molecule has 1 saturated heterocycles. The zero-order chi connectivity index (χ0) is 16.4. The van der Waals surface area contributed by atoms with Crippen molar-refractivity contribution in [3.8, 4) is 5.88 Å². The predicted octanol–water partition coefficient (Wildman–Crippen LogP) is 3.10. The van der Waals surface area contributed by atoms with Crippen LogP contribution in [0.25, 0.3) is 0 Å². The molecule has 126 valence electrons. The fourth-order valence-electron chi connectivity index (χ4n) is 3.47. The van der Waals surface area contributed by atoms with Crippen LogP contribution in [0.4, 0.5) is 0 Å². The van der Waals surface area contributed by atoms with Gasteiger partial charge in [0.25, 0.3) is 0 Å². The average Bonchev–Trinajstić information content (AvgIpc) is 3.25. The minimum absolute atomic E-state index is 0.123. The third-order valence-electron chi connectivity index (χ3n) is 5.05. The molecule has 2 atom stereocenters. The Morgan fingerprint density at radius 3 is 2.83 bits per heavy atom. The molecule has 4 rings (SSSR count). The molecular weight excluding hydrogens is 304 g/mol. The zero-order valence-corrected chi connectivity index (χ0v) is 13.6. The lowest BCUT2D eigenvalue weighted by Crippen LogP contribution is -2.40. The Hall–Kier alpha value is -2.30. The molecular formula is C19H22N2O3. The maximum absolute atomic E-state index is 12.6. The number of amides is 1. The molecule has 3 heterocycles. The van der Waals surface area contributed by atoms with Crippen molar-refractivity contribution in [2.75, 3.05) is 19.7 Å². The van der Waals surface area contributed by atoms with Crippen molar-refractivity contribution < 1.29 is 13.9 Å². The van der Waals surface area contributed by atoms with E-state index in [1.54, 1.807) is 12.5 Å². The van der Waals surface area contributed by atoms with E-state index in [1.165, 1.54) is 0 Å². The first kappa shape index (κ1) is 15.2. The van der Waals surface area contributed by atoms with E-state index in [9.17, 15) is 4.79 Å². The first-order valence-electron chi connectivity index (χ1n) is 8.67. The minimum Gasteiger partial charge on any atom is -0.477 e. The molecule has 1 saturated carbocycles. The second-order valence-corrected chi connectivity index (χ2v) is 6.71. The summed E-state index contributed by atoms with van der Waals surface area (Å²) in [5.41, 5.74) is 0. The summed E-state index contributed by atoms with van der Waals surface area (Å²) in [4.78, 5) is 18.8. The van der Waals surface area contributed by atoms with Crippen LogP contribution in [0.1, 0.15) is 30.9 Å². The molecule has 2 aromatic heterocycles. The third-order valence-corrected chi connectivity index (χ3v) is 5.05. The molecule has 5 nitrogen and oxygen atoms in total. The maximum Gasteiger partial charge on any atom is 0.226 e. The summed E-state index contributed by atoms with van der Waals surface area (Å²) in [5, 5.41) is 0. The summed E-state index contributed by atoms with van der Waals surface area (Å²) >= 11 is 0. The van der Waals surface area contributed by atoms with Crippen molar-refractivity contribution in [3.63, 3.8) is 0 Å². The Bertz CT molecular complexity index is 663. The summed E-state index contributed by atoms with van der Waals surface area (Å²) < 4.78 is 11.2. The first-order valence-corrected chi connectivity index (χ1v) is 8.67. The van der Waals surface area contributed by atoms with E-state index in [4.69, 9.17) is 9.15 Å². The standard InChI is InChI=1S/C19H22N2O3/c22-19(16-12-15(16)17-4-3-11-23-17)21-9-6-14(7-10-21)13-24-18-5-1-2-8-20-18/h1-5,8,11,14-16H,6-7,9-10,12-13H2/t15-,16+/m1/s1. The molecule has 2 fully saturated rings. The number of piperidine rings is 1. The number of pyridine rings is 1. The smallest absolute Gasteiger partial charge is 0.226 e. The zero-order valence-electron chi connectivity index (χ0n) is 13.6. The van der Waals surface area contributed by atoms with Gasteiger partial charge in [0.15, 0.2) is 0 Å². The highest BCUT2D eigenvalue weighted by molar-refractivity contribution is 5.82. The van der Waals surface area contributed by atoms with Crippen LogP contribution in [0.2, 0.25) is 0 Å². The lowest BCUT2D eigenvalue weighted by Gasteiger charge is -2.32. The number of carbonyl (C=O) groups is 1. The van der Waals surface area contributed by atoms with E-state index in [0.29, 0.717) is 24.3 Å². The van der Waals surface area contributed by atoms with E-state index in [0.717, 1.165) is 38.1 Å². The highest BCUT2D eigenvalue weighted by Gasteiger charge is 2.47. The number of furan rings is 1. The van der Waals surface area contributed by atoms with Gasteiger partial charge in [0.2, 0.25) is 11.8 Å². The van der Waals surface area contributed by atoms with E-state index in [2.05, 4.69) is 4.98 Å². The fraction of sp³-hybridized carbons (Fsp3) is 0.474. The van der Waals surface area contributed by atoms with Gasteiger partial charge in [-0.3, -0.25) is 4.79 Å². The Morgan fingerprint density at radius 2 is 2.12 bits per heavy atom. The molecule has 0 spiro atoms. The lowest BCUT2D eigenvalue weighted by molar-refractivity contribution is -0.134. The van der Waals surface area contributed by atoms with Crippen molar-refractivity contribution in [1.29, 1.82) is 0 Å². The highest BCUT2D eigenvalue weighted by Crippen LogP contribution is 2.48. The number of nitrogens with zero attached hydrogens (tertiary/aromatic N) is 2. The SMILES string of the molecule is O=C([C@H]1C[C@H]1c1ccco1)N1CCC(COc2ccccn2)CC1. The molecule has 24 heavy (non-hydrogen) atoms. The fourth-order valence-corrected chi connectivity index (χ4v) is 3.47. The monoisotopic (exact) mass is 326 g/mol. The number of likely N-dealkylation sites (tertiary alicyclic amines) is 1. The Kier molecular flexibility index (Phi) is 4.24. The largest absolute Gasteiger partial charge is 0.477 e. The topological polar surface area (TPSA) is 55.6 Å². The number of hydrogen-bond acceptors (Lipinski definition) is 4. The lowest BCUT2D eigenvalue weighted by atomic mass is 9.97. The molecule has 2 aliphatic rings. The normalized spacial score (nSPS) is 23.9. The number of rotatable bonds is 5. The minimum atomic E-state index is 0.123. The van der Waals surface area contributed by atoms with Crippen LogP contribution in [0.3, 0.4) is 0 Å². The Morgan fingerprint density at radius 1 is 1.25 bits per heavy atom. The van der Waals surface area contributed by atoms with Crippen LogP contribution in [0, 0.1) is 11.8 Å². The Labute approximate surface area is 141 Å². The average molecular weight is 326 g/mol. The van der Waals surface area contributed by atoms with Crippen LogP contribution < -0.4 is 4.74 Å². The van der Waals surface area contributed by atoms with Gasteiger partial charge in [-0.2, -0.15) is 0 Å². The van der Waals surface area contributed by atoms with Gasteiger partial charge >= 0.3 is 0 Å². The van der Waals surface area contributed by atoms with Gasteiger partial charge in [0, 0.05) is 37.2 Å². The maximum atomic E-state index is 12.6. The molecule has 0 radical (unpaired) electrons. The van der Waals surface area contributed by atoms with Gasteiger partial charge in [-0.05, 0) is 43.4 Å². The highest BCUT2D eigenvalue weighted by atomic mass is 16.5. The van der Waals surface area contributed by atoms with Crippen LogP contribution in [0.5, 0.6) is 5.88 Å². The van der Waals surface area contributed by atoms with Crippen molar-refractivity contribution in [1.82, 2.24) is 9.88 Å². The van der Waals surface area contributed by atoms with Crippen LogP contribution in [0.15, 0.2) is 47.2 Å². The predicted molar refractivity (Wildman–Crippen MR) is 88.6 cm³/mol. The van der Waals surface area contributed by atoms with Gasteiger partial charge in [0.1, 0.15) is 5.76 Å². The van der Waals surface area contributed by atoms with E-state index in [-0.39, 0.29) is 11.8 Å². The molecule has 1 aliphatic heterocycles. The number of aromatic nitrogens is 1.